The van der Waals surface area contributed by atoms with Crippen LogP contribution in [0.1, 0.15) is 25.3 Å². The number of sulfonamides is 1. The van der Waals surface area contributed by atoms with Crippen molar-refractivity contribution in [1.29, 1.82) is 0 Å². The summed E-state index contributed by atoms with van der Waals surface area (Å²) in [5, 5.41) is 11.7. The van der Waals surface area contributed by atoms with Gasteiger partial charge >= 0.3 is 0 Å². The molecule has 0 spiro atoms. The van der Waals surface area contributed by atoms with Crippen molar-refractivity contribution in [2.75, 3.05) is 13.2 Å². The van der Waals surface area contributed by atoms with Crippen LogP contribution < -0.4 is 20.3 Å². The number of benzene rings is 2. The summed E-state index contributed by atoms with van der Waals surface area (Å²) in [4.78, 5) is 23.9. The van der Waals surface area contributed by atoms with Gasteiger partial charge in [-0.05, 0) is 49.6 Å². The predicted octanol–water partition coefficient (Wildman–Crippen LogP) is 1.38. The first kappa shape index (κ1) is 25.9. The van der Waals surface area contributed by atoms with Gasteiger partial charge in [0.05, 0.1) is 11.3 Å². The zero-order valence-corrected chi connectivity index (χ0v) is 19.0. The maximum atomic E-state index is 12.7. The Kier molecular flexibility index (Phi) is 10.4. The molecule has 2 rings (SSSR count). The van der Waals surface area contributed by atoms with Crippen molar-refractivity contribution in [3.8, 4) is 17.6 Å². The average molecular weight is 474 g/mol. The van der Waals surface area contributed by atoms with Gasteiger partial charge in [0.15, 0.2) is 0 Å². The monoisotopic (exact) mass is 473 g/mol. The van der Waals surface area contributed by atoms with Gasteiger partial charge in [0.1, 0.15) is 18.4 Å². The number of ether oxygens (including phenoxy) is 1. The molecule has 2 aromatic carbocycles. The predicted molar refractivity (Wildman–Crippen MR) is 122 cm³/mol. The van der Waals surface area contributed by atoms with Crippen LogP contribution in [-0.4, -0.2) is 44.6 Å². The number of nitrogens with one attached hydrogen (secondary N) is 3. The van der Waals surface area contributed by atoms with Crippen LogP contribution in [-0.2, 0) is 26.0 Å². The minimum absolute atomic E-state index is 0.0636. The van der Waals surface area contributed by atoms with Crippen LogP contribution in [0.5, 0.6) is 5.75 Å². The van der Waals surface area contributed by atoms with Gasteiger partial charge < -0.3 is 10.1 Å². The largest absolute Gasteiger partial charge is 0.481 e. The van der Waals surface area contributed by atoms with Crippen LogP contribution in [0, 0.1) is 11.8 Å². The Balaban J connectivity index is 1.89. The summed E-state index contributed by atoms with van der Waals surface area (Å²) in [5.74, 6) is 4.79. The maximum absolute atomic E-state index is 12.7. The minimum Gasteiger partial charge on any atom is -0.481 e. The molecule has 2 aromatic rings. The fraction of sp³-hybridized carbons (Fsp3) is 0.304. The van der Waals surface area contributed by atoms with Gasteiger partial charge in [0.2, 0.25) is 15.9 Å². The molecule has 0 saturated heterocycles. The highest BCUT2D eigenvalue weighted by Gasteiger charge is 2.25. The van der Waals surface area contributed by atoms with E-state index in [1.807, 2.05) is 30.3 Å². The van der Waals surface area contributed by atoms with E-state index < -0.39 is 22.0 Å². The summed E-state index contributed by atoms with van der Waals surface area (Å²) >= 11 is 0. The van der Waals surface area contributed by atoms with Gasteiger partial charge in [-0.2, -0.15) is 4.72 Å². The van der Waals surface area contributed by atoms with Crippen LogP contribution >= 0.6 is 0 Å². The molecule has 9 nitrogen and oxygen atoms in total. The van der Waals surface area contributed by atoms with E-state index in [2.05, 4.69) is 21.9 Å². The van der Waals surface area contributed by atoms with Crippen LogP contribution in [0.15, 0.2) is 59.5 Å². The van der Waals surface area contributed by atoms with E-state index in [1.165, 1.54) is 29.7 Å². The molecule has 0 heterocycles. The Labute approximate surface area is 193 Å². The number of carbonyl (C=O) groups excluding carboxylic acids is 2. The van der Waals surface area contributed by atoms with Crippen molar-refractivity contribution in [3.63, 3.8) is 0 Å². The second-order valence-corrected chi connectivity index (χ2v) is 8.71. The molecule has 0 aliphatic heterocycles. The summed E-state index contributed by atoms with van der Waals surface area (Å²) in [6.45, 7) is 2.11. The van der Waals surface area contributed by atoms with Crippen molar-refractivity contribution >= 4 is 21.8 Å². The topological polar surface area (TPSA) is 134 Å². The lowest BCUT2D eigenvalue weighted by Crippen LogP contribution is -2.46. The first-order valence-electron chi connectivity index (χ1n) is 10.2. The van der Waals surface area contributed by atoms with Crippen molar-refractivity contribution in [3.05, 3.63) is 60.2 Å². The lowest BCUT2D eigenvalue weighted by molar-refractivity contribution is -0.131. The van der Waals surface area contributed by atoms with E-state index in [-0.39, 0.29) is 36.8 Å². The molecule has 33 heavy (non-hydrogen) atoms. The first-order chi connectivity index (χ1) is 15.9. The highest BCUT2D eigenvalue weighted by atomic mass is 32.2. The third kappa shape index (κ3) is 8.94. The standard InChI is InChI=1S/C23H27N3O6S/c1-2-3-16-32-19-11-13-20(14-12-19)33(30,31)26-21(23(28)25-29)10-7-15-24-22(27)17-18-8-5-4-6-9-18/h4-6,8-9,11-14,21,26,29H,7,10,15-17H2,1H3,(H,24,27)(H,25,28)/t21-/m1/s1. The van der Waals surface area contributed by atoms with E-state index in [1.54, 1.807) is 6.92 Å². The van der Waals surface area contributed by atoms with E-state index in [0.29, 0.717) is 12.2 Å². The van der Waals surface area contributed by atoms with Gasteiger partial charge in [0, 0.05) is 6.54 Å². The molecule has 0 radical (unpaired) electrons. The van der Waals surface area contributed by atoms with E-state index in [0.717, 1.165) is 5.56 Å². The van der Waals surface area contributed by atoms with Crippen molar-refractivity contribution in [2.45, 2.75) is 37.1 Å². The second kappa shape index (κ2) is 13.2. The number of amides is 2. The molecule has 0 aliphatic rings. The molecule has 0 saturated carbocycles. The Morgan fingerprint density at radius 1 is 1.09 bits per heavy atom. The fourth-order valence-corrected chi connectivity index (χ4v) is 4.09. The molecule has 4 N–H and O–H groups in total. The van der Waals surface area contributed by atoms with Gasteiger partial charge in [0.25, 0.3) is 5.91 Å². The molecule has 0 unspecified atom stereocenters. The molecule has 0 aliphatic carbocycles. The Hall–Kier alpha value is -3.39. The first-order valence-corrected chi connectivity index (χ1v) is 11.7. The zero-order chi connectivity index (χ0) is 24.1. The van der Waals surface area contributed by atoms with Gasteiger partial charge in [-0.25, -0.2) is 13.9 Å². The Bertz CT molecular complexity index is 1080. The molecular formula is C23H27N3O6S. The molecule has 10 heteroatoms. The number of hydroxylamine groups is 1. The number of rotatable bonds is 12. The van der Waals surface area contributed by atoms with E-state index >= 15 is 0 Å². The van der Waals surface area contributed by atoms with Crippen molar-refractivity contribution in [1.82, 2.24) is 15.5 Å². The molecule has 0 aromatic heterocycles. The normalized spacial score (nSPS) is 11.6. The number of hydrogen-bond acceptors (Lipinski definition) is 6. The van der Waals surface area contributed by atoms with Crippen LogP contribution in [0.25, 0.3) is 0 Å². The van der Waals surface area contributed by atoms with Crippen LogP contribution in [0.3, 0.4) is 0 Å². The van der Waals surface area contributed by atoms with Gasteiger partial charge in [-0.15, -0.1) is 5.92 Å². The third-order valence-electron chi connectivity index (χ3n) is 4.55. The summed E-state index contributed by atoms with van der Waals surface area (Å²) < 4.78 is 33.0. The fourth-order valence-electron chi connectivity index (χ4n) is 2.86. The maximum Gasteiger partial charge on any atom is 0.261 e. The third-order valence-corrected chi connectivity index (χ3v) is 6.03. The summed E-state index contributed by atoms with van der Waals surface area (Å²) in [7, 11) is -4.04. The molecule has 0 bridgehead atoms. The van der Waals surface area contributed by atoms with E-state index in [4.69, 9.17) is 9.94 Å². The van der Waals surface area contributed by atoms with Crippen molar-refractivity contribution in [2.24, 2.45) is 0 Å². The van der Waals surface area contributed by atoms with E-state index in [9.17, 15) is 18.0 Å². The average Bonchev–Trinajstić information content (AvgIpc) is 2.81. The number of hydrogen-bond donors (Lipinski definition) is 4. The molecule has 2 amide bonds. The summed E-state index contributed by atoms with van der Waals surface area (Å²) in [6.07, 6.45) is 0.596. The lowest BCUT2D eigenvalue weighted by atomic mass is 10.1. The Morgan fingerprint density at radius 2 is 1.79 bits per heavy atom. The highest BCUT2D eigenvalue weighted by molar-refractivity contribution is 7.89. The smallest absolute Gasteiger partial charge is 0.261 e. The van der Waals surface area contributed by atoms with Gasteiger partial charge in [-0.3, -0.25) is 14.8 Å². The minimum atomic E-state index is -4.04. The molecule has 1 atom stereocenters. The summed E-state index contributed by atoms with van der Waals surface area (Å²) in [6, 6.07) is 13.7. The quantitative estimate of drug-likeness (QED) is 0.159. The molecule has 0 fully saturated rings. The van der Waals surface area contributed by atoms with Crippen LogP contribution in [0.2, 0.25) is 0 Å². The molecule has 176 valence electrons. The molecular weight excluding hydrogens is 446 g/mol. The lowest BCUT2D eigenvalue weighted by Gasteiger charge is -2.17. The van der Waals surface area contributed by atoms with Gasteiger partial charge in [-0.1, -0.05) is 36.3 Å². The number of carbonyl (C=O) groups is 2. The van der Waals surface area contributed by atoms with Crippen LogP contribution in [0.4, 0.5) is 0 Å². The summed E-state index contributed by atoms with van der Waals surface area (Å²) in [5.41, 5.74) is 2.34. The van der Waals surface area contributed by atoms with Crippen molar-refractivity contribution < 1.29 is 28.0 Å². The SMILES string of the molecule is CC#CCOc1ccc(S(=O)(=O)N[C@H](CCCNC(=O)Cc2ccccc2)C(=O)NO)cc1. The zero-order valence-electron chi connectivity index (χ0n) is 18.2. The Morgan fingerprint density at radius 3 is 2.42 bits per heavy atom. The highest BCUT2D eigenvalue weighted by Crippen LogP contribution is 2.16. The second-order valence-electron chi connectivity index (χ2n) is 6.99.